The van der Waals surface area contributed by atoms with Crippen LogP contribution in [0.3, 0.4) is 0 Å². The summed E-state index contributed by atoms with van der Waals surface area (Å²) in [6.07, 6.45) is -0.384. The van der Waals surface area contributed by atoms with E-state index in [1.54, 1.807) is 0 Å². The fraction of sp³-hybridized carbons (Fsp3) is 0.500. The van der Waals surface area contributed by atoms with Crippen molar-refractivity contribution < 1.29 is 9.53 Å². The third kappa shape index (κ3) is 6.13. The van der Waals surface area contributed by atoms with Crippen molar-refractivity contribution in [3.05, 3.63) is 30.3 Å². The Hall–Kier alpha value is -1.71. The van der Waals surface area contributed by atoms with Crippen LogP contribution >= 0.6 is 0 Å². The highest BCUT2D eigenvalue weighted by Crippen LogP contribution is 2.07. The molecule has 1 rings (SSSR count). The van der Waals surface area contributed by atoms with Crippen molar-refractivity contribution in [2.24, 2.45) is 0 Å². The van der Waals surface area contributed by atoms with Crippen LogP contribution in [0.1, 0.15) is 27.7 Å². The highest BCUT2D eigenvalue weighted by atomic mass is 16.6. The van der Waals surface area contributed by atoms with Gasteiger partial charge in [0.15, 0.2) is 0 Å². The lowest BCUT2D eigenvalue weighted by molar-refractivity contribution is 0.0511. The van der Waals surface area contributed by atoms with Crippen molar-refractivity contribution in [1.29, 1.82) is 0 Å². The molecule has 0 spiro atoms. The Labute approximate surface area is 109 Å². The molecule has 0 saturated heterocycles. The fourth-order valence-corrected chi connectivity index (χ4v) is 1.39. The van der Waals surface area contributed by atoms with E-state index in [2.05, 4.69) is 10.6 Å². The number of carbonyl (C=O) groups is 1. The van der Waals surface area contributed by atoms with E-state index in [0.29, 0.717) is 6.54 Å². The van der Waals surface area contributed by atoms with Gasteiger partial charge in [-0.2, -0.15) is 0 Å². The largest absolute Gasteiger partial charge is 0.444 e. The minimum absolute atomic E-state index is 0.0000520. The molecule has 18 heavy (non-hydrogen) atoms. The molecule has 1 aromatic carbocycles. The second kappa shape index (κ2) is 6.28. The Kier molecular flexibility index (Phi) is 5.01. The van der Waals surface area contributed by atoms with Gasteiger partial charge in [-0.05, 0) is 39.8 Å². The zero-order chi connectivity index (χ0) is 13.6. The van der Waals surface area contributed by atoms with E-state index in [9.17, 15) is 4.79 Å². The van der Waals surface area contributed by atoms with Gasteiger partial charge in [0.05, 0.1) is 0 Å². The molecule has 0 saturated carbocycles. The predicted molar refractivity (Wildman–Crippen MR) is 73.8 cm³/mol. The van der Waals surface area contributed by atoms with Gasteiger partial charge in [-0.1, -0.05) is 18.2 Å². The quantitative estimate of drug-likeness (QED) is 0.863. The van der Waals surface area contributed by atoms with Crippen molar-refractivity contribution >= 4 is 11.8 Å². The summed E-state index contributed by atoms with van der Waals surface area (Å²) in [6.45, 7) is 8.13. The lowest BCUT2D eigenvalue weighted by Crippen LogP contribution is -2.40. The van der Waals surface area contributed by atoms with E-state index >= 15 is 0 Å². The highest BCUT2D eigenvalue weighted by Gasteiger charge is 2.17. The maximum Gasteiger partial charge on any atom is 0.407 e. The number of ether oxygens (including phenoxy) is 1. The Morgan fingerprint density at radius 2 is 1.89 bits per heavy atom. The molecule has 1 aromatic rings. The van der Waals surface area contributed by atoms with E-state index in [4.69, 9.17) is 4.74 Å². The number of anilines is 1. The van der Waals surface area contributed by atoms with Crippen LogP contribution in [0.2, 0.25) is 0 Å². The average molecular weight is 250 g/mol. The molecule has 0 aliphatic carbocycles. The Morgan fingerprint density at radius 3 is 2.44 bits per heavy atom. The van der Waals surface area contributed by atoms with Crippen LogP contribution in [0.15, 0.2) is 30.3 Å². The summed E-state index contributed by atoms with van der Waals surface area (Å²) in [6, 6.07) is 9.87. The Balaban J connectivity index is 2.29. The van der Waals surface area contributed by atoms with Gasteiger partial charge in [-0.3, -0.25) is 0 Å². The summed E-state index contributed by atoms with van der Waals surface area (Å²) in [5.74, 6) is 0. The normalized spacial score (nSPS) is 12.7. The summed E-state index contributed by atoms with van der Waals surface area (Å²) in [4.78, 5) is 11.5. The van der Waals surface area contributed by atoms with Crippen molar-refractivity contribution in [3.63, 3.8) is 0 Å². The van der Waals surface area contributed by atoms with Gasteiger partial charge in [-0.25, -0.2) is 4.79 Å². The third-order valence-corrected chi connectivity index (χ3v) is 2.15. The molecule has 0 bridgehead atoms. The van der Waals surface area contributed by atoms with Crippen LogP contribution in [-0.4, -0.2) is 24.3 Å². The van der Waals surface area contributed by atoms with Gasteiger partial charge in [0.2, 0.25) is 0 Å². The molecule has 0 heterocycles. The lowest BCUT2D eigenvalue weighted by Gasteiger charge is -2.22. The molecule has 0 aromatic heterocycles. The molecule has 0 aliphatic heterocycles. The summed E-state index contributed by atoms with van der Waals surface area (Å²) in [5.41, 5.74) is 0.576. The minimum atomic E-state index is -0.462. The summed E-state index contributed by atoms with van der Waals surface area (Å²) in [7, 11) is 0. The molecule has 0 radical (unpaired) electrons. The molecule has 2 N–H and O–H groups in total. The van der Waals surface area contributed by atoms with Crippen molar-refractivity contribution in [3.8, 4) is 0 Å². The molecule has 100 valence electrons. The average Bonchev–Trinajstić information content (AvgIpc) is 2.25. The lowest BCUT2D eigenvalue weighted by atomic mass is 10.2. The Bertz CT molecular complexity index is 371. The number of amides is 1. The van der Waals surface area contributed by atoms with Crippen molar-refractivity contribution in [2.45, 2.75) is 39.3 Å². The van der Waals surface area contributed by atoms with Gasteiger partial charge < -0.3 is 15.4 Å². The van der Waals surface area contributed by atoms with Crippen molar-refractivity contribution in [1.82, 2.24) is 5.32 Å². The fourth-order valence-electron chi connectivity index (χ4n) is 1.39. The molecule has 1 amide bonds. The van der Waals surface area contributed by atoms with Crippen LogP contribution in [0.25, 0.3) is 0 Å². The van der Waals surface area contributed by atoms with Gasteiger partial charge in [-0.15, -0.1) is 0 Å². The monoisotopic (exact) mass is 250 g/mol. The highest BCUT2D eigenvalue weighted by molar-refractivity contribution is 5.68. The molecule has 0 unspecified atom stereocenters. The maximum absolute atomic E-state index is 11.5. The zero-order valence-electron chi connectivity index (χ0n) is 11.5. The number of rotatable bonds is 4. The number of nitrogens with one attached hydrogen (secondary N) is 2. The van der Waals surface area contributed by atoms with Crippen LogP contribution in [0.4, 0.5) is 10.5 Å². The first-order valence-corrected chi connectivity index (χ1v) is 6.15. The maximum atomic E-state index is 11.5. The first-order valence-electron chi connectivity index (χ1n) is 6.15. The predicted octanol–water partition coefficient (Wildman–Crippen LogP) is 3.01. The second-order valence-electron chi connectivity index (χ2n) is 5.29. The summed E-state index contributed by atoms with van der Waals surface area (Å²) < 4.78 is 5.18. The van der Waals surface area contributed by atoms with Gasteiger partial charge in [0, 0.05) is 18.3 Å². The van der Waals surface area contributed by atoms with E-state index in [0.717, 1.165) is 5.69 Å². The van der Waals surface area contributed by atoms with Gasteiger partial charge in [0.25, 0.3) is 0 Å². The molecule has 0 fully saturated rings. The molecule has 4 nitrogen and oxygen atoms in total. The standard InChI is InChI=1S/C14H22N2O2/c1-11(16-13(17)18-14(2,3)4)10-15-12-8-6-5-7-9-12/h5-9,11,15H,10H2,1-4H3,(H,16,17)/t11-/m1/s1. The van der Waals surface area contributed by atoms with E-state index in [1.807, 2.05) is 58.0 Å². The summed E-state index contributed by atoms with van der Waals surface area (Å²) in [5, 5.41) is 6.03. The number of para-hydroxylation sites is 1. The SMILES string of the molecule is C[C@H](CNc1ccccc1)NC(=O)OC(C)(C)C. The minimum Gasteiger partial charge on any atom is -0.444 e. The number of carbonyl (C=O) groups excluding carboxylic acids is 1. The molecule has 1 atom stereocenters. The Morgan fingerprint density at radius 1 is 1.28 bits per heavy atom. The number of alkyl carbamates (subject to hydrolysis) is 1. The number of benzene rings is 1. The van der Waals surface area contributed by atoms with Crippen LogP contribution in [0.5, 0.6) is 0 Å². The van der Waals surface area contributed by atoms with Gasteiger partial charge >= 0.3 is 6.09 Å². The van der Waals surface area contributed by atoms with E-state index in [-0.39, 0.29) is 12.1 Å². The summed E-state index contributed by atoms with van der Waals surface area (Å²) >= 11 is 0. The van der Waals surface area contributed by atoms with Crippen LogP contribution in [-0.2, 0) is 4.74 Å². The van der Waals surface area contributed by atoms with Crippen LogP contribution < -0.4 is 10.6 Å². The molecule has 4 heteroatoms. The molecule has 0 aliphatic rings. The smallest absolute Gasteiger partial charge is 0.407 e. The third-order valence-electron chi connectivity index (χ3n) is 2.15. The second-order valence-corrected chi connectivity index (χ2v) is 5.29. The topological polar surface area (TPSA) is 50.4 Å². The number of hydrogen-bond acceptors (Lipinski definition) is 3. The van der Waals surface area contributed by atoms with Gasteiger partial charge in [0.1, 0.15) is 5.60 Å². The molecular weight excluding hydrogens is 228 g/mol. The van der Waals surface area contributed by atoms with E-state index in [1.165, 1.54) is 0 Å². The van der Waals surface area contributed by atoms with E-state index < -0.39 is 5.60 Å². The number of hydrogen-bond donors (Lipinski definition) is 2. The van der Waals surface area contributed by atoms with Crippen LogP contribution in [0, 0.1) is 0 Å². The molecular formula is C14H22N2O2. The van der Waals surface area contributed by atoms with Crippen molar-refractivity contribution in [2.75, 3.05) is 11.9 Å². The first kappa shape index (κ1) is 14.4. The first-order chi connectivity index (χ1) is 8.37. The zero-order valence-corrected chi connectivity index (χ0v) is 11.5.